The van der Waals surface area contributed by atoms with Crippen LogP contribution in [-0.4, -0.2) is 18.4 Å². The van der Waals surface area contributed by atoms with Crippen LogP contribution in [0.15, 0.2) is 24.3 Å². The van der Waals surface area contributed by atoms with Gasteiger partial charge in [-0.1, -0.05) is 32.0 Å². The zero-order valence-electron chi connectivity index (χ0n) is 10.8. The molecule has 0 fully saturated rings. The highest BCUT2D eigenvalue weighted by Crippen LogP contribution is 2.16. The van der Waals surface area contributed by atoms with E-state index in [0.29, 0.717) is 13.0 Å². The van der Waals surface area contributed by atoms with Crippen molar-refractivity contribution in [2.24, 2.45) is 11.7 Å². The van der Waals surface area contributed by atoms with E-state index in [9.17, 15) is 4.79 Å². The number of carbonyl (C=O) groups is 1. The number of hydrogen-bond acceptors (Lipinski definition) is 3. The molecule has 1 atom stereocenters. The molecule has 0 heterocycles. The van der Waals surface area contributed by atoms with Crippen LogP contribution in [0.3, 0.4) is 0 Å². The highest BCUT2D eigenvalue weighted by molar-refractivity contribution is 5.84. The SMILES string of the molecule is Cc1ccccc1OCCC(=O)C(N)C(C)C. The van der Waals surface area contributed by atoms with Crippen LogP contribution < -0.4 is 10.5 Å². The first-order valence-corrected chi connectivity index (χ1v) is 5.99. The zero-order valence-corrected chi connectivity index (χ0v) is 10.8. The van der Waals surface area contributed by atoms with Crippen molar-refractivity contribution >= 4 is 5.78 Å². The summed E-state index contributed by atoms with van der Waals surface area (Å²) in [7, 11) is 0. The van der Waals surface area contributed by atoms with E-state index in [4.69, 9.17) is 10.5 Å². The molecule has 94 valence electrons. The Morgan fingerprint density at radius 1 is 1.35 bits per heavy atom. The Labute approximate surface area is 103 Å². The molecule has 0 aliphatic heterocycles. The molecule has 0 amide bonds. The van der Waals surface area contributed by atoms with Gasteiger partial charge in [-0.05, 0) is 24.5 Å². The van der Waals surface area contributed by atoms with Crippen LogP contribution in [0.25, 0.3) is 0 Å². The largest absolute Gasteiger partial charge is 0.493 e. The predicted molar refractivity (Wildman–Crippen MR) is 69.1 cm³/mol. The number of carbonyl (C=O) groups excluding carboxylic acids is 1. The number of para-hydroxylation sites is 1. The fourth-order valence-corrected chi connectivity index (χ4v) is 1.52. The molecule has 0 spiro atoms. The van der Waals surface area contributed by atoms with Gasteiger partial charge in [0.05, 0.1) is 12.6 Å². The zero-order chi connectivity index (χ0) is 12.8. The van der Waals surface area contributed by atoms with E-state index in [0.717, 1.165) is 11.3 Å². The average molecular weight is 235 g/mol. The summed E-state index contributed by atoms with van der Waals surface area (Å²) in [5.41, 5.74) is 6.84. The molecule has 3 nitrogen and oxygen atoms in total. The molecule has 0 aromatic heterocycles. The smallest absolute Gasteiger partial charge is 0.153 e. The van der Waals surface area contributed by atoms with Gasteiger partial charge in [-0.25, -0.2) is 0 Å². The van der Waals surface area contributed by atoms with Crippen LogP contribution in [-0.2, 0) is 4.79 Å². The minimum absolute atomic E-state index is 0.0635. The summed E-state index contributed by atoms with van der Waals surface area (Å²) in [5.74, 6) is 1.08. The van der Waals surface area contributed by atoms with Gasteiger partial charge in [-0.15, -0.1) is 0 Å². The van der Waals surface area contributed by atoms with Gasteiger partial charge in [0.1, 0.15) is 5.75 Å². The van der Waals surface area contributed by atoms with E-state index in [1.807, 2.05) is 45.0 Å². The third-order valence-corrected chi connectivity index (χ3v) is 2.79. The first kappa shape index (κ1) is 13.7. The molecular formula is C14H21NO2. The lowest BCUT2D eigenvalue weighted by molar-refractivity contribution is -0.121. The third kappa shape index (κ3) is 4.19. The summed E-state index contributed by atoms with van der Waals surface area (Å²) in [6.07, 6.45) is 0.369. The second-order valence-corrected chi connectivity index (χ2v) is 4.60. The molecule has 0 aliphatic carbocycles. The van der Waals surface area contributed by atoms with Crippen LogP contribution in [0, 0.1) is 12.8 Å². The lowest BCUT2D eigenvalue weighted by Gasteiger charge is -2.14. The number of ether oxygens (including phenoxy) is 1. The number of nitrogens with two attached hydrogens (primary N) is 1. The third-order valence-electron chi connectivity index (χ3n) is 2.79. The van der Waals surface area contributed by atoms with Gasteiger partial charge in [-0.2, -0.15) is 0 Å². The van der Waals surface area contributed by atoms with Crippen LogP contribution in [0.2, 0.25) is 0 Å². The van der Waals surface area contributed by atoms with Crippen molar-refractivity contribution in [1.82, 2.24) is 0 Å². The molecule has 1 rings (SSSR count). The maximum Gasteiger partial charge on any atom is 0.153 e. The van der Waals surface area contributed by atoms with Crippen LogP contribution in [0.1, 0.15) is 25.8 Å². The minimum Gasteiger partial charge on any atom is -0.493 e. The first-order valence-electron chi connectivity index (χ1n) is 5.99. The molecule has 1 unspecified atom stereocenters. The number of ketones is 1. The van der Waals surface area contributed by atoms with Gasteiger partial charge >= 0.3 is 0 Å². The molecule has 17 heavy (non-hydrogen) atoms. The van der Waals surface area contributed by atoms with Gasteiger partial charge in [0.15, 0.2) is 5.78 Å². The lowest BCUT2D eigenvalue weighted by Crippen LogP contribution is -2.36. The second kappa shape index (κ2) is 6.40. The maximum absolute atomic E-state index is 11.7. The Morgan fingerprint density at radius 3 is 2.59 bits per heavy atom. The van der Waals surface area contributed by atoms with Crippen molar-refractivity contribution in [2.45, 2.75) is 33.2 Å². The number of aryl methyl sites for hydroxylation is 1. The minimum atomic E-state index is -0.379. The quantitative estimate of drug-likeness (QED) is 0.823. The number of Topliss-reactive ketones (excluding diaryl/α,β-unsaturated/α-hetero) is 1. The van der Waals surface area contributed by atoms with Crippen molar-refractivity contribution in [2.75, 3.05) is 6.61 Å². The Balaban J connectivity index is 2.38. The molecule has 0 saturated heterocycles. The molecule has 1 aromatic carbocycles. The molecule has 3 heteroatoms. The van der Waals surface area contributed by atoms with Crippen molar-refractivity contribution in [3.8, 4) is 5.75 Å². The summed E-state index contributed by atoms with van der Waals surface area (Å²) in [5, 5.41) is 0. The molecule has 0 saturated carbocycles. The highest BCUT2D eigenvalue weighted by atomic mass is 16.5. The maximum atomic E-state index is 11.7. The van der Waals surface area contributed by atoms with Gasteiger partial charge in [0.25, 0.3) is 0 Å². The topological polar surface area (TPSA) is 52.3 Å². The molecule has 0 aliphatic rings. The summed E-state index contributed by atoms with van der Waals surface area (Å²) in [4.78, 5) is 11.7. The van der Waals surface area contributed by atoms with Crippen molar-refractivity contribution in [3.05, 3.63) is 29.8 Å². The van der Waals surface area contributed by atoms with E-state index in [1.54, 1.807) is 0 Å². The van der Waals surface area contributed by atoms with Crippen molar-refractivity contribution in [3.63, 3.8) is 0 Å². The fourth-order valence-electron chi connectivity index (χ4n) is 1.52. The lowest BCUT2D eigenvalue weighted by atomic mass is 9.99. The van der Waals surface area contributed by atoms with Gasteiger partial charge in [0, 0.05) is 6.42 Å². The molecule has 0 radical (unpaired) electrons. The van der Waals surface area contributed by atoms with Crippen LogP contribution in [0.4, 0.5) is 0 Å². The van der Waals surface area contributed by atoms with E-state index in [2.05, 4.69) is 0 Å². The van der Waals surface area contributed by atoms with E-state index in [1.165, 1.54) is 0 Å². The van der Waals surface area contributed by atoms with Gasteiger partial charge in [0.2, 0.25) is 0 Å². The highest BCUT2D eigenvalue weighted by Gasteiger charge is 2.16. The standard InChI is InChI=1S/C14H21NO2/c1-10(2)14(15)12(16)8-9-17-13-7-5-4-6-11(13)3/h4-7,10,14H,8-9,15H2,1-3H3. The van der Waals surface area contributed by atoms with Crippen molar-refractivity contribution < 1.29 is 9.53 Å². The predicted octanol–water partition coefficient (Wildman–Crippen LogP) is 2.32. The number of benzene rings is 1. The summed E-state index contributed by atoms with van der Waals surface area (Å²) in [6.45, 7) is 6.27. The monoisotopic (exact) mass is 235 g/mol. The number of rotatable bonds is 6. The average Bonchev–Trinajstić information content (AvgIpc) is 2.30. The van der Waals surface area contributed by atoms with E-state index < -0.39 is 0 Å². The van der Waals surface area contributed by atoms with E-state index >= 15 is 0 Å². The summed E-state index contributed by atoms with van der Waals surface area (Å²) < 4.78 is 5.56. The Kier molecular flexibility index (Phi) is 5.16. The van der Waals surface area contributed by atoms with Gasteiger partial charge < -0.3 is 10.5 Å². The molecule has 1 aromatic rings. The number of hydrogen-bond donors (Lipinski definition) is 1. The van der Waals surface area contributed by atoms with Gasteiger partial charge in [-0.3, -0.25) is 4.79 Å². The molecule has 2 N–H and O–H groups in total. The normalized spacial score (nSPS) is 12.5. The van der Waals surface area contributed by atoms with E-state index in [-0.39, 0.29) is 17.7 Å². The fraction of sp³-hybridized carbons (Fsp3) is 0.500. The Hall–Kier alpha value is -1.35. The summed E-state index contributed by atoms with van der Waals surface area (Å²) in [6, 6.07) is 7.39. The second-order valence-electron chi connectivity index (χ2n) is 4.60. The Morgan fingerprint density at radius 2 is 2.00 bits per heavy atom. The van der Waals surface area contributed by atoms with Crippen LogP contribution in [0.5, 0.6) is 5.75 Å². The first-order chi connectivity index (χ1) is 8.02. The van der Waals surface area contributed by atoms with Crippen molar-refractivity contribution in [1.29, 1.82) is 0 Å². The molecular weight excluding hydrogens is 214 g/mol. The molecule has 0 bridgehead atoms. The van der Waals surface area contributed by atoms with Crippen LogP contribution >= 0.6 is 0 Å². The Bertz CT molecular complexity index is 374. The summed E-state index contributed by atoms with van der Waals surface area (Å²) >= 11 is 0.